The van der Waals surface area contributed by atoms with Gasteiger partial charge in [-0.3, -0.25) is 0 Å². The van der Waals surface area contributed by atoms with Gasteiger partial charge in [-0.15, -0.1) is 0 Å². The van der Waals surface area contributed by atoms with Gasteiger partial charge < -0.3 is 0 Å². The molecule has 0 heterocycles. The van der Waals surface area contributed by atoms with Crippen molar-refractivity contribution >= 4 is 3.27 Å². The van der Waals surface area contributed by atoms with Crippen molar-refractivity contribution in [2.24, 2.45) is 0 Å². The number of fused-ring (bicyclic) bond motifs is 3. The van der Waals surface area contributed by atoms with E-state index in [1.54, 1.807) is 12.1 Å². The third-order valence-electron chi connectivity index (χ3n) is 8.57. The van der Waals surface area contributed by atoms with Crippen LogP contribution in [0.3, 0.4) is 0 Å². The van der Waals surface area contributed by atoms with E-state index in [2.05, 4.69) is 131 Å². The monoisotopic (exact) mass is 517 g/mol. The van der Waals surface area contributed by atoms with E-state index in [1.165, 1.54) is 27.8 Å². The molecule has 0 aliphatic heterocycles. The fourth-order valence-corrected chi connectivity index (χ4v) is 22.9. The summed E-state index contributed by atoms with van der Waals surface area (Å²) < 4.78 is 9.14. The summed E-state index contributed by atoms with van der Waals surface area (Å²) in [5.41, 5.74) is 8.81. The number of allylic oxidation sites excluding steroid dienone is 4. The molecule has 0 fully saturated rings. The summed E-state index contributed by atoms with van der Waals surface area (Å²) in [5.74, 6) is 0. The van der Waals surface area contributed by atoms with Crippen molar-refractivity contribution in [1.82, 2.24) is 0 Å². The molecule has 0 amide bonds. The average Bonchev–Trinajstić information content (AvgIpc) is 3.55. The minimum atomic E-state index is -3.96. The van der Waals surface area contributed by atoms with E-state index >= 15 is 0 Å². The molecule has 0 N–H and O–H groups in total. The van der Waals surface area contributed by atoms with Crippen molar-refractivity contribution < 1.29 is 18.8 Å². The van der Waals surface area contributed by atoms with Crippen molar-refractivity contribution in [3.05, 3.63) is 147 Å². The number of hydrogen-bond acceptors (Lipinski definition) is 0. The molecule has 0 aromatic heterocycles. The van der Waals surface area contributed by atoms with Crippen LogP contribution in [0.25, 0.3) is 11.1 Å². The van der Waals surface area contributed by atoms with Gasteiger partial charge in [-0.25, -0.2) is 0 Å². The summed E-state index contributed by atoms with van der Waals surface area (Å²) in [6.45, 7) is 0. The van der Waals surface area contributed by atoms with Gasteiger partial charge in [-0.2, -0.15) is 0 Å². The Morgan fingerprint density at radius 1 is 0.647 bits per heavy atom. The molecule has 2 aliphatic carbocycles. The Balaban J connectivity index is 1.68. The molecule has 167 valence electrons. The summed E-state index contributed by atoms with van der Waals surface area (Å²) in [4.78, 5) is 0. The maximum absolute atomic E-state index is 3.96. The number of benzene rings is 4. The summed E-state index contributed by atoms with van der Waals surface area (Å²) in [6.07, 6.45) is 9.24. The van der Waals surface area contributed by atoms with Crippen LogP contribution >= 0.6 is 0 Å². The molecule has 0 unspecified atom stereocenters. The average molecular weight is 519 g/mol. The molecule has 2 aliphatic rings. The molecule has 34 heavy (non-hydrogen) atoms. The maximum atomic E-state index is 2.71. The molecule has 0 spiro atoms. The Kier molecular flexibility index (Phi) is 5.23. The molecular weight excluding hydrogens is 488 g/mol. The number of hydrogen-bond donors (Lipinski definition) is 0. The van der Waals surface area contributed by atoms with Gasteiger partial charge in [0.05, 0.1) is 0 Å². The molecule has 4 aromatic rings. The zero-order valence-corrected chi connectivity index (χ0v) is 22.5. The Hall–Kier alpha value is -2.76. The van der Waals surface area contributed by atoms with Gasteiger partial charge in [0.15, 0.2) is 0 Å². The van der Waals surface area contributed by atoms with E-state index in [0.29, 0.717) is 3.63 Å². The van der Waals surface area contributed by atoms with Crippen LogP contribution in [-0.2, 0) is 25.2 Å². The first kappa shape index (κ1) is 21.8. The Labute approximate surface area is 204 Å². The third-order valence-corrected chi connectivity index (χ3v) is 25.5. The first-order chi connectivity index (χ1) is 16.6. The van der Waals surface area contributed by atoms with Crippen LogP contribution in [0.4, 0.5) is 0 Å². The van der Waals surface area contributed by atoms with Gasteiger partial charge in [0.25, 0.3) is 0 Å². The predicted molar refractivity (Wildman–Crippen MR) is 143 cm³/mol. The Bertz CT molecular complexity index is 1380. The van der Waals surface area contributed by atoms with E-state index in [9.17, 15) is 0 Å². The van der Waals surface area contributed by atoms with E-state index < -0.39 is 18.8 Å². The molecule has 1 heteroatoms. The molecule has 0 bridgehead atoms. The fraction of sp³-hybridized carbons (Fsp3) is 0.152. The molecule has 4 aromatic carbocycles. The third kappa shape index (κ3) is 3.21. The molecule has 0 saturated carbocycles. The van der Waals surface area contributed by atoms with Crippen molar-refractivity contribution in [2.45, 2.75) is 25.7 Å². The van der Waals surface area contributed by atoms with Gasteiger partial charge in [-0.1, -0.05) is 0 Å². The zero-order valence-electron chi connectivity index (χ0n) is 20.0. The standard InChI is InChI=1S/C13H9.C13H11.C5H5.2CH3.Zr/c1-3-7-12-10(5-1)9-11-6-2-4-8-13(11)12;1-3-7-12(8-4-1)11-13-9-5-2-6-10-13;1-2-4-5-3-1;;;/h1-5,7-8H,9H2;1-11H;1-3H,4H2;2*1H3;. The topological polar surface area (TPSA) is 0 Å². The second kappa shape index (κ2) is 8.18. The van der Waals surface area contributed by atoms with Crippen molar-refractivity contribution in [3.8, 4) is 11.1 Å². The van der Waals surface area contributed by atoms with E-state index in [0.717, 1.165) is 12.8 Å². The summed E-state index contributed by atoms with van der Waals surface area (Å²) in [7, 11) is 0. The van der Waals surface area contributed by atoms with Gasteiger partial charge in [-0.05, 0) is 0 Å². The first-order valence-corrected chi connectivity index (χ1v) is 21.2. The molecule has 6 rings (SSSR count). The van der Waals surface area contributed by atoms with Gasteiger partial charge in [0.1, 0.15) is 0 Å². The molecule has 0 atom stereocenters. The van der Waals surface area contributed by atoms with Crippen LogP contribution in [0.2, 0.25) is 9.26 Å². The van der Waals surface area contributed by atoms with Crippen LogP contribution in [0.15, 0.2) is 125 Å². The zero-order chi connectivity index (χ0) is 23.2. The van der Waals surface area contributed by atoms with E-state index in [1.807, 2.05) is 0 Å². The molecule has 0 saturated heterocycles. The Morgan fingerprint density at radius 3 is 1.91 bits per heavy atom. The molecule has 0 radical (unpaired) electrons. The number of rotatable bonds is 5. The van der Waals surface area contributed by atoms with Crippen molar-refractivity contribution in [2.75, 3.05) is 0 Å². The van der Waals surface area contributed by atoms with Crippen LogP contribution < -0.4 is 3.27 Å². The quantitative estimate of drug-likeness (QED) is 0.219. The van der Waals surface area contributed by atoms with Crippen molar-refractivity contribution in [1.29, 1.82) is 0 Å². The SMILES string of the molecule is [CH3][Zr]([CH3])([C]1=CC=CC1)([c]1cccc2c1Cc1ccccc1-2)[CH](c1ccccc1)c1ccccc1. The first-order valence-electron chi connectivity index (χ1n) is 12.4. The van der Waals surface area contributed by atoms with Crippen LogP contribution in [-0.4, -0.2) is 0 Å². The van der Waals surface area contributed by atoms with Crippen molar-refractivity contribution in [3.63, 3.8) is 0 Å². The second-order valence-corrected chi connectivity index (χ2v) is 27.3. The Morgan fingerprint density at radius 2 is 1.26 bits per heavy atom. The van der Waals surface area contributed by atoms with Crippen LogP contribution in [0.5, 0.6) is 0 Å². The summed E-state index contributed by atoms with van der Waals surface area (Å²) in [5, 5.41) is 0. The van der Waals surface area contributed by atoms with E-state index in [-0.39, 0.29) is 0 Å². The molecular formula is C33H31Zr. The van der Waals surface area contributed by atoms with Gasteiger partial charge in [0.2, 0.25) is 0 Å². The normalized spacial score (nSPS) is 15.5. The fourth-order valence-electron chi connectivity index (χ4n) is 6.89. The predicted octanol–water partition coefficient (Wildman–Crippen LogP) is 8.30. The van der Waals surface area contributed by atoms with Crippen LogP contribution in [0, 0.1) is 0 Å². The summed E-state index contributed by atoms with van der Waals surface area (Å²) >= 11 is -3.96. The molecule has 0 nitrogen and oxygen atoms in total. The van der Waals surface area contributed by atoms with Gasteiger partial charge in [0, 0.05) is 0 Å². The van der Waals surface area contributed by atoms with Crippen LogP contribution in [0.1, 0.15) is 32.3 Å². The minimum absolute atomic E-state index is 0.380. The summed E-state index contributed by atoms with van der Waals surface area (Å²) in [6, 6.07) is 38.8. The second-order valence-electron chi connectivity index (χ2n) is 10.7. The van der Waals surface area contributed by atoms with E-state index in [4.69, 9.17) is 0 Å². The van der Waals surface area contributed by atoms with Gasteiger partial charge >= 0.3 is 206 Å².